The van der Waals surface area contributed by atoms with Crippen LogP contribution in [0.25, 0.3) is 0 Å². The van der Waals surface area contributed by atoms with Gasteiger partial charge in [-0.3, -0.25) is 14.4 Å². The standard InChI is InChI=1S/C52H92O6/c1-4-7-10-13-16-19-22-24-26-28-30-33-36-39-42-45-51(54)57-48-49(47-56-50(53)44-41-38-35-32-21-18-15-12-9-6-3)58-52(55)46-43-40-37-34-31-29-27-25-23-20-17-14-11-8-5-2/h7,10,13,15-16,18-19,22,49H,4-6,8-9,11-12,14,17,20-21,23-48H2,1-3H3/b10-7-,16-13-,18-15-,22-19-. The van der Waals surface area contributed by atoms with Crippen molar-refractivity contribution in [3.05, 3.63) is 48.6 Å². The van der Waals surface area contributed by atoms with Crippen LogP contribution < -0.4 is 0 Å². The summed E-state index contributed by atoms with van der Waals surface area (Å²) < 4.78 is 16.7. The number of esters is 3. The van der Waals surface area contributed by atoms with Crippen LogP contribution in [0.2, 0.25) is 0 Å². The number of ether oxygens (including phenoxy) is 3. The Morgan fingerprint density at radius 2 is 0.707 bits per heavy atom. The molecule has 1 atom stereocenters. The highest BCUT2D eigenvalue weighted by Gasteiger charge is 2.19. The molecule has 0 saturated heterocycles. The minimum atomic E-state index is -0.778. The molecule has 0 bridgehead atoms. The SMILES string of the molecule is CC\C=C/C=C\C=C/CCCCCCCCCC(=O)OCC(COC(=O)CCCCCC/C=C\CCCC)OC(=O)CCCCCCCCCCCCCCCCC. The highest BCUT2D eigenvalue weighted by atomic mass is 16.6. The van der Waals surface area contributed by atoms with E-state index in [-0.39, 0.29) is 31.1 Å². The number of carbonyl (C=O) groups excluding carboxylic acids is 3. The fourth-order valence-electron chi connectivity index (χ4n) is 6.89. The Morgan fingerprint density at radius 1 is 0.362 bits per heavy atom. The van der Waals surface area contributed by atoms with Crippen molar-refractivity contribution >= 4 is 17.9 Å². The van der Waals surface area contributed by atoms with Gasteiger partial charge in [-0.2, -0.15) is 0 Å². The lowest BCUT2D eigenvalue weighted by molar-refractivity contribution is -0.167. The summed E-state index contributed by atoms with van der Waals surface area (Å²) in [4.78, 5) is 37.8. The first-order chi connectivity index (χ1) is 28.5. The van der Waals surface area contributed by atoms with E-state index in [1.807, 2.05) is 0 Å². The Kier molecular flexibility index (Phi) is 44.9. The van der Waals surface area contributed by atoms with E-state index in [0.717, 1.165) is 89.9 Å². The van der Waals surface area contributed by atoms with E-state index in [1.54, 1.807) is 0 Å². The van der Waals surface area contributed by atoms with Gasteiger partial charge in [-0.15, -0.1) is 0 Å². The molecular weight excluding hydrogens is 721 g/mol. The number of allylic oxidation sites excluding steroid dienone is 8. The number of rotatable bonds is 44. The van der Waals surface area contributed by atoms with Crippen LogP contribution >= 0.6 is 0 Å². The Balaban J connectivity index is 4.36. The van der Waals surface area contributed by atoms with Crippen molar-refractivity contribution in [2.45, 2.75) is 252 Å². The van der Waals surface area contributed by atoms with Crippen molar-refractivity contribution in [1.82, 2.24) is 0 Å². The molecule has 0 heterocycles. The van der Waals surface area contributed by atoms with Gasteiger partial charge in [0.05, 0.1) is 0 Å². The Labute approximate surface area is 358 Å². The monoisotopic (exact) mass is 813 g/mol. The molecule has 0 N–H and O–H groups in total. The van der Waals surface area contributed by atoms with Gasteiger partial charge in [0.15, 0.2) is 6.10 Å². The lowest BCUT2D eigenvalue weighted by Crippen LogP contribution is -2.30. The molecule has 0 aromatic carbocycles. The summed E-state index contributed by atoms with van der Waals surface area (Å²) >= 11 is 0. The van der Waals surface area contributed by atoms with E-state index in [1.165, 1.54) is 116 Å². The normalized spacial score (nSPS) is 12.4. The van der Waals surface area contributed by atoms with Crippen molar-refractivity contribution in [1.29, 1.82) is 0 Å². The predicted octanol–water partition coefficient (Wildman–Crippen LogP) is 15.9. The molecule has 0 aliphatic carbocycles. The summed E-state index contributed by atoms with van der Waals surface area (Å²) in [7, 11) is 0. The maximum absolute atomic E-state index is 12.8. The third-order valence-corrected chi connectivity index (χ3v) is 10.6. The summed E-state index contributed by atoms with van der Waals surface area (Å²) in [5, 5.41) is 0. The number of unbranched alkanes of at least 4 members (excludes halogenated alkanes) is 27. The van der Waals surface area contributed by atoms with E-state index >= 15 is 0 Å². The molecule has 0 amide bonds. The Morgan fingerprint density at radius 3 is 1.14 bits per heavy atom. The molecule has 0 aromatic heterocycles. The average Bonchev–Trinajstić information content (AvgIpc) is 3.22. The van der Waals surface area contributed by atoms with Crippen LogP contribution in [0.15, 0.2) is 48.6 Å². The van der Waals surface area contributed by atoms with E-state index in [2.05, 4.69) is 69.4 Å². The van der Waals surface area contributed by atoms with Crippen molar-refractivity contribution in [3.63, 3.8) is 0 Å². The van der Waals surface area contributed by atoms with Gasteiger partial charge in [-0.1, -0.05) is 217 Å². The van der Waals surface area contributed by atoms with Crippen molar-refractivity contribution in [2.24, 2.45) is 0 Å². The molecule has 0 saturated carbocycles. The van der Waals surface area contributed by atoms with Crippen LogP contribution in [0, 0.1) is 0 Å². The summed E-state index contributed by atoms with van der Waals surface area (Å²) in [6.07, 6.45) is 55.2. The van der Waals surface area contributed by atoms with E-state index < -0.39 is 6.10 Å². The summed E-state index contributed by atoms with van der Waals surface area (Å²) in [6, 6.07) is 0. The average molecular weight is 813 g/mol. The molecular formula is C52H92O6. The van der Waals surface area contributed by atoms with E-state index in [9.17, 15) is 14.4 Å². The lowest BCUT2D eigenvalue weighted by Gasteiger charge is -2.18. The maximum Gasteiger partial charge on any atom is 0.306 e. The zero-order chi connectivity index (χ0) is 42.3. The molecule has 1 unspecified atom stereocenters. The van der Waals surface area contributed by atoms with Crippen LogP contribution in [0.3, 0.4) is 0 Å². The third kappa shape index (κ3) is 44.5. The van der Waals surface area contributed by atoms with E-state index in [4.69, 9.17) is 14.2 Å². The summed E-state index contributed by atoms with van der Waals surface area (Å²) in [5.74, 6) is -0.900. The second-order valence-corrected chi connectivity index (χ2v) is 16.4. The molecule has 0 aliphatic heterocycles. The molecule has 0 radical (unpaired) electrons. The summed E-state index contributed by atoms with van der Waals surface area (Å²) in [5.41, 5.74) is 0. The van der Waals surface area contributed by atoms with Crippen LogP contribution in [0.1, 0.15) is 245 Å². The topological polar surface area (TPSA) is 78.9 Å². The minimum Gasteiger partial charge on any atom is -0.462 e. The van der Waals surface area contributed by atoms with Gasteiger partial charge in [0.2, 0.25) is 0 Å². The van der Waals surface area contributed by atoms with Gasteiger partial charge in [0.1, 0.15) is 13.2 Å². The smallest absolute Gasteiger partial charge is 0.306 e. The van der Waals surface area contributed by atoms with Gasteiger partial charge in [0, 0.05) is 19.3 Å². The second-order valence-electron chi connectivity index (χ2n) is 16.4. The molecule has 6 heteroatoms. The molecule has 0 spiro atoms. The molecule has 0 aromatic rings. The van der Waals surface area contributed by atoms with E-state index in [0.29, 0.717) is 19.3 Å². The highest BCUT2D eigenvalue weighted by molar-refractivity contribution is 5.71. The molecule has 6 nitrogen and oxygen atoms in total. The van der Waals surface area contributed by atoms with Gasteiger partial charge in [-0.25, -0.2) is 0 Å². The predicted molar refractivity (Wildman–Crippen MR) is 247 cm³/mol. The van der Waals surface area contributed by atoms with Crippen molar-refractivity contribution < 1.29 is 28.6 Å². The summed E-state index contributed by atoms with van der Waals surface area (Å²) in [6.45, 7) is 6.45. The highest BCUT2D eigenvalue weighted by Crippen LogP contribution is 2.15. The maximum atomic E-state index is 12.8. The van der Waals surface area contributed by atoms with Gasteiger partial charge >= 0.3 is 17.9 Å². The third-order valence-electron chi connectivity index (χ3n) is 10.6. The molecule has 336 valence electrons. The van der Waals surface area contributed by atoms with Crippen LogP contribution in [0.5, 0.6) is 0 Å². The van der Waals surface area contributed by atoms with Crippen molar-refractivity contribution in [2.75, 3.05) is 13.2 Å². The van der Waals surface area contributed by atoms with Crippen molar-refractivity contribution in [3.8, 4) is 0 Å². The zero-order valence-electron chi connectivity index (χ0n) is 38.3. The number of carbonyl (C=O) groups is 3. The Bertz CT molecular complexity index is 1030. The van der Waals surface area contributed by atoms with Gasteiger partial charge in [0.25, 0.3) is 0 Å². The molecule has 0 fully saturated rings. The Hall–Kier alpha value is -2.63. The quantitative estimate of drug-likeness (QED) is 0.0200. The first kappa shape index (κ1) is 55.4. The largest absolute Gasteiger partial charge is 0.462 e. The zero-order valence-corrected chi connectivity index (χ0v) is 38.3. The lowest BCUT2D eigenvalue weighted by atomic mass is 10.0. The second kappa shape index (κ2) is 47.1. The minimum absolute atomic E-state index is 0.0812. The van der Waals surface area contributed by atoms with Crippen LogP contribution in [0.4, 0.5) is 0 Å². The van der Waals surface area contributed by atoms with Gasteiger partial charge < -0.3 is 14.2 Å². The fraction of sp³-hybridized carbons (Fsp3) is 0.788. The fourth-order valence-corrected chi connectivity index (χ4v) is 6.89. The number of hydrogen-bond donors (Lipinski definition) is 0. The van der Waals surface area contributed by atoms with Crippen LogP contribution in [-0.4, -0.2) is 37.2 Å². The van der Waals surface area contributed by atoms with Crippen LogP contribution in [-0.2, 0) is 28.6 Å². The molecule has 0 rings (SSSR count). The number of hydrogen-bond acceptors (Lipinski definition) is 6. The van der Waals surface area contributed by atoms with Gasteiger partial charge in [-0.05, 0) is 57.8 Å². The first-order valence-corrected chi connectivity index (χ1v) is 24.7. The molecule has 58 heavy (non-hydrogen) atoms. The first-order valence-electron chi connectivity index (χ1n) is 24.7. The molecule has 0 aliphatic rings.